The number of aromatic hydroxyl groups is 1. The predicted octanol–water partition coefficient (Wildman–Crippen LogP) is 2.91. The molecule has 0 saturated carbocycles. The molecule has 0 spiro atoms. The highest BCUT2D eigenvalue weighted by Gasteiger charge is 2.24. The Morgan fingerprint density at radius 3 is 2.73 bits per heavy atom. The molecule has 1 N–H and O–H groups in total. The van der Waals surface area contributed by atoms with Crippen LogP contribution in [-0.4, -0.2) is 21.1 Å². The van der Waals surface area contributed by atoms with Gasteiger partial charge in [-0.1, -0.05) is 43.7 Å². The molecule has 3 rings (SSSR count). The first kappa shape index (κ1) is 14.9. The third-order valence-corrected chi connectivity index (χ3v) is 4.38. The molecule has 2 heterocycles. The molecule has 1 aliphatic heterocycles. The first-order chi connectivity index (χ1) is 10.7. The number of nitrogens with zero attached hydrogens (tertiary/aromatic N) is 2. The van der Waals surface area contributed by atoms with Crippen molar-refractivity contribution in [1.29, 1.82) is 0 Å². The second-order valence-corrected chi connectivity index (χ2v) is 5.89. The van der Waals surface area contributed by atoms with E-state index in [1.807, 2.05) is 10.6 Å². The monoisotopic (exact) mass is 298 g/mol. The van der Waals surface area contributed by atoms with E-state index in [1.165, 1.54) is 5.56 Å². The van der Waals surface area contributed by atoms with E-state index in [2.05, 4.69) is 36.1 Å². The van der Waals surface area contributed by atoms with Crippen LogP contribution < -0.4 is 5.43 Å². The number of rotatable bonds is 4. The van der Waals surface area contributed by atoms with E-state index < -0.39 is 0 Å². The maximum Gasteiger partial charge on any atom is 0.223 e. The Labute approximate surface area is 130 Å². The zero-order valence-corrected chi connectivity index (χ0v) is 12.9. The van der Waals surface area contributed by atoms with Crippen molar-refractivity contribution >= 4 is 0 Å². The van der Waals surface area contributed by atoms with Gasteiger partial charge in [0, 0.05) is 37.4 Å². The summed E-state index contributed by atoms with van der Waals surface area (Å²) in [5.41, 5.74) is 2.02. The normalized spacial score (nSPS) is 16.2. The van der Waals surface area contributed by atoms with Crippen LogP contribution in [0.15, 0.2) is 47.4 Å². The molecule has 1 atom stereocenters. The Morgan fingerprint density at radius 2 is 2.00 bits per heavy atom. The fraction of sp³-hybridized carbons (Fsp3) is 0.389. The lowest BCUT2D eigenvalue weighted by atomic mass is 9.99. The third-order valence-electron chi connectivity index (χ3n) is 4.38. The maximum atomic E-state index is 11.7. The molecular weight excluding hydrogens is 276 g/mol. The quantitative estimate of drug-likeness (QED) is 0.944. The number of hydrogen-bond acceptors (Lipinski definition) is 3. The average Bonchev–Trinajstić information content (AvgIpc) is 2.54. The van der Waals surface area contributed by atoms with E-state index in [0.29, 0.717) is 6.04 Å². The van der Waals surface area contributed by atoms with Crippen molar-refractivity contribution in [1.82, 2.24) is 9.47 Å². The number of aromatic nitrogens is 1. The Hall–Kier alpha value is -2.07. The largest absolute Gasteiger partial charge is 0.503 e. The highest BCUT2D eigenvalue weighted by Crippen LogP contribution is 2.29. The van der Waals surface area contributed by atoms with E-state index in [9.17, 15) is 9.90 Å². The second-order valence-electron chi connectivity index (χ2n) is 5.89. The van der Waals surface area contributed by atoms with Crippen molar-refractivity contribution in [2.24, 2.45) is 0 Å². The number of hydrogen-bond donors (Lipinski definition) is 1. The van der Waals surface area contributed by atoms with E-state index >= 15 is 0 Å². The van der Waals surface area contributed by atoms with Crippen LogP contribution in [0.4, 0.5) is 0 Å². The van der Waals surface area contributed by atoms with Gasteiger partial charge in [0.05, 0.1) is 6.20 Å². The van der Waals surface area contributed by atoms with Gasteiger partial charge in [-0.05, 0) is 12.0 Å². The molecule has 1 aliphatic rings. The first-order valence-corrected chi connectivity index (χ1v) is 7.90. The molecule has 4 heteroatoms. The van der Waals surface area contributed by atoms with Crippen molar-refractivity contribution < 1.29 is 5.11 Å². The molecule has 0 bridgehead atoms. The van der Waals surface area contributed by atoms with Crippen molar-refractivity contribution in [2.75, 3.05) is 6.54 Å². The van der Waals surface area contributed by atoms with Gasteiger partial charge in [0.25, 0.3) is 0 Å². The highest BCUT2D eigenvalue weighted by atomic mass is 16.3. The van der Waals surface area contributed by atoms with Crippen LogP contribution in [0, 0.1) is 0 Å². The minimum atomic E-state index is -0.292. The van der Waals surface area contributed by atoms with Crippen molar-refractivity contribution in [3.8, 4) is 5.75 Å². The summed E-state index contributed by atoms with van der Waals surface area (Å²) in [7, 11) is 0. The van der Waals surface area contributed by atoms with Crippen molar-refractivity contribution in [3.63, 3.8) is 0 Å². The minimum absolute atomic E-state index is 0.162. The van der Waals surface area contributed by atoms with Gasteiger partial charge in [-0.25, -0.2) is 0 Å². The molecule has 2 aromatic rings. The van der Waals surface area contributed by atoms with Crippen molar-refractivity contribution in [3.05, 3.63) is 64.1 Å². The van der Waals surface area contributed by atoms with Gasteiger partial charge in [0.2, 0.25) is 5.43 Å². The Balaban J connectivity index is 1.88. The van der Waals surface area contributed by atoms with Gasteiger partial charge in [-0.15, -0.1) is 0 Å². The molecule has 4 nitrogen and oxygen atoms in total. The topological polar surface area (TPSA) is 45.5 Å². The fourth-order valence-corrected chi connectivity index (χ4v) is 3.24. The van der Waals surface area contributed by atoms with Gasteiger partial charge < -0.3 is 9.67 Å². The summed E-state index contributed by atoms with van der Waals surface area (Å²) in [4.78, 5) is 14.1. The molecule has 0 saturated heterocycles. The van der Waals surface area contributed by atoms with Crippen LogP contribution in [0.5, 0.6) is 5.75 Å². The summed E-state index contributed by atoms with van der Waals surface area (Å²) in [6.07, 6.45) is 3.79. The average molecular weight is 298 g/mol. The molecule has 1 aromatic heterocycles. The van der Waals surface area contributed by atoms with Crippen molar-refractivity contribution in [2.45, 2.75) is 38.9 Å². The molecule has 0 fully saturated rings. The van der Waals surface area contributed by atoms with Gasteiger partial charge >= 0.3 is 0 Å². The van der Waals surface area contributed by atoms with Crippen LogP contribution in [0.25, 0.3) is 0 Å². The van der Waals surface area contributed by atoms with Crippen LogP contribution in [-0.2, 0) is 13.1 Å². The molecule has 116 valence electrons. The van der Waals surface area contributed by atoms with Gasteiger partial charge in [0.1, 0.15) is 0 Å². The lowest BCUT2D eigenvalue weighted by molar-refractivity contribution is 0.145. The lowest BCUT2D eigenvalue weighted by Crippen LogP contribution is -2.37. The molecule has 0 radical (unpaired) electrons. The van der Waals surface area contributed by atoms with Crippen LogP contribution in [0.2, 0.25) is 0 Å². The zero-order valence-electron chi connectivity index (χ0n) is 12.9. The first-order valence-electron chi connectivity index (χ1n) is 7.90. The molecule has 0 aliphatic carbocycles. The van der Waals surface area contributed by atoms with Gasteiger partial charge in [0.15, 0.2) is 5.75 Å². The van der Waals surface area contributed by atoms with Crippen LogP contribution in [0.1, 0.15) is 37.1 Å². The Kier molecular flexibility index (Phi) is 4.29. The summed E-state index contributed by atoms with van der Waals surface area (Å²) in [5.74, 6) is -0.162. The van der Waals surface area contributed by atoms with E-state index in [1.54, 1.807) is 12.3 Å². The number of pyridine rings is 1. The number of benzene rings is 1. The van der Waals surface area contributed by atoms with E-state index in [-0.39, 0.29) is 11.2 Å². The summed E-state index contributed by atoms with van der Waals surface area (Å²) >= 11 is 0. The third kappa shape index (κ3) is 2.92. The zero-order chi connectivity index (χ0) is 15.5. The Morgan fingerprint density at radius 1 is 1.23 bits per heavy atom. The molecule has 22 heavy (non-hydrogen) atoms. The predicted molar refractivity (Wildman–Crippen MR) is 86.9 cm³/mol. The summed E-state index contributed by atoms with van der Waals surface area (Å²) in [6, 6.07) is 12.5. The smallest absolute Gasteiger partial charge is 0.223 e. The van der Waals surface area contributed by atoms with Crippen LogP contribution >= 0.6 is 0 Å². The van der Waals surface area contributed by atoms with Gasteiger partial charge in [-0.3, -0.25) is 9.69 Å². The standard InChI is InChI=1S/C18H22N2O2/c1-2-6-16(14-7-4-3-5-8-14)20-10-9-19-13-18(22)17(21)11-15(19)12-20/h3-5,7-8,11,13,16,22H,2,6,9-10,12H2,1H3/t16-/m0/s1. The van der Waals surface area contributed by atoms with Gasteiger partial charge in [-0.2, -0.15) is 0 Å². The lowest BCUT2D eigenvalue weighted by Gasteiger charge is -2.36. The Bertz CT molecular complexity index is 694. The van der Waals surface area contributed by atoms with Crippen LogP contribution in [0.3, 0.4) is 0 Å². The summed E-state index contributed by atoms with van der Waals surface area (Å²) in [5, 5.41) is 9.57. The highest BCUT2D eigenvalue weighted by molar-refractivity contribution is 5.23. The minimum Gasteiger partial charge on any atom is -0.503 e. The molecular formula is C18H22N2O2. The van der Waals surface area contributed by atoms with E-state index in [0.717, 1.165) is 38.2 Å². The SMILES string of the molecule is CCC[C@@H](c1ccccc1)N1CCn2cc(O)c(=O)cc2C1. The maximum absolute atomic E-state index is 11.7. The molecule has 1 aromatic carbocycles. The molecule has 0 amide bonds. The second kappa shape index (κ2) is 6.36. The molecule has 0 unspecified atom stereocenters. The number of fused-ring (bicyclic) bond motifs is 1. The summed E-state index contributed by atoms with van der Waals surface area (Å²) < 4.78 is 1.99. The van der Waals surface area contributed by atoms with E-state index in [4.69, 9.17) is 0 Å². The summed E-state index contributed by atoms with van der Waals surface area (Å²) in [6.45, 7) is 4.68. The fourth-order valence-electron chi connectivity index (χ4n) is 3.24.